The number of hydrogen-bond donors (Lipinski definition) is 2. The first kappa shape index (κ1) is 35.6. The van der Waals surface area contributed by atoms with Crippen molar-refractivity contribution in [2.75, 3.05) is 6.54 Å². The fourth-order valence-corrected chi connectivity index (χ4v) is 4.90. The van der Waals surface area contributed by atoms with Gasteiger partial charge in [-0.2, -0.15) is 0 Å². The Bertz CT molecular complexity index is 1400. The van der Waals surface area contributed by atoms with E-state index in [1.165, 1.54) is 6.08 Å². The molecule has 4 atom stereocenters. The molecule has 0 saturated heterocycles. The van der Waals surface area contributed by atoms with Crippen LogP contribution in [0, 0.1) is 24.2 Å². The van der Waals surface area contributed by atoms with E-state index >= 15 is 0 Å². The second-order valence-electron chi connectivity index (χ2n) is 12.7. The molecule has 1 aliphatic rings. The smallest absolute Gasteiger partial charge is 0.347 e. The maximum atomic E-state index is 13.5. The highest BCUT2D eigenvalue weighted by Gasteiger charge is 2.37. The van der Waals surface area contributed by atoms with E-state index in [0.717, 1.165) is 16.7 Å². The molecule has 0 saturated carbocycles. The number of carbonyl (C=O) groups excluding carboxylic acids is 4. The van der Waals surface area contributed by atoms with Gasteiger partial charge in [-0.1, -0.05) is 93.1 Å². The number of halogens is 1. The van der Waals surface area contributed by atoms with Crippen molar-refractivity contribution in [3.8, 4) is 0 Å². The summed E-state index contributed by atoms with van der Waals surface area (Å²) in [6.45, 7) is 10.8. The van der Waals surface area contributed by atoms with Crippen molar-refractivity contribution in [1.82, 2.24) is 10.6 Å². The SMILES string of the molecule is Cc1ccc(CC2NC(=O)/C=C/CC(C(C)/C=C/c3ccccc3)OC(=O)C(CC(C)C)OC(=O)C(C)(C)CNC2=O)cc1Cl. The lowest BCUT2D eigenvalue weighted by Crippen LogP contribution is -2.51. The molecule has 45 heavy (non-hydrogen) atoms. The van der Waals surface area contributed by atoms with Crippen LogP contribution in [-0.4, -0.2) is 48.5 Å². The summed E-state index contributed by atoms with van der Waals surface area (Å²) in [5, 5.41) is 6.12. The van der Waals surface area contributed by atoms with Gasteiger partial charge in [0.1, 0.15) is 12.1 Å². The number of aryl methyl sites for hydroxylation is 1. The molecule has 0 radical (unpaired) electrons. The Hall–Kier alpha value is -3.91. The monoisotopic (exact) mass is 636 g/mol. The van der Waals surface area contributed by atoms with Gasteiger partial charge in [-0.15, -0.1) is 0 Å². The Morgan fingerprint density at radius 3 is 2.40 bits per heavy atom. The number of benzene rings is 2. The van der Waals surface area contributed by atoms with Gasteiger partial charge in [-0.05, 0) is 61.9 Å². The molecule has 0 aliphatic carbocycles. The summed E-state index contributed by atoms with van der Waals surface area (Å²) in [6, 6.07) is 14.3. The quantitative estimate of drug-likeness (QED) is 0.361. The van der Waals surface area contributed by atoms with Gasteiger partial charge in [0, 0.05) is 30.3 Å². The van der Waals surface area contributed by atoms with Crippen LogP contribution in [0.1, 0.15) is 64.2 Å². The molecule has 0 fully saturated rings. The number of ether oxygens (including phenoxy) is 2. The number of esters is 2. The molecular formula is C36H45ClN2O6. The molecule has 2 aromatic carbocycles. The van der Waals surface area contributed by atoms with Gasteiger partial charge in [-0.3, -0.25) is 14.4 Å². The average Bonchev–Trinajstić information content (AvgIpc) is 2.99. The summed E-state index contributed by atoms with van der Waals surface area (Å²) in [7, 11) is 0. The van der Waals surface area contributed by atoms with Gasteiger partial charge in [0.05, 0.1) is 5.41 Å². The predicted octanol–water partition coefficient (Wildman–Crippen LogP) is 6.00. The van der Waals surface area contributed by atoms with Crippen LogP contribution in [-0.2, 0) is 35.1 Å². The van der Waals surface area contributed by atoms with E-state index < -0.39 is 47.4 Å². The number of carbonyl (C=O) groups is 4. The first-order valence-electron chi connectivity index (χ1n) is 15.4. The Morgan fingerprint density at radius 1 is 1.02 bits per heavy atom. The lowest BCUT2D eigenvalue weighted by molar-refractivity contribution is -0.178. The van der Waals surface area contributed by atoms with Gasteiger partial charge >= 0.3 is 11.9 Å². The third-order valence-corrected chi connectivity index (χ3v) is 8.05. The van der Waals surface area contributed by atoms with Crippen molar-refractivity contribution >= 4 is 41.4 Å². The molecule has 8 nitrogen and oxygen atoms in total. The predicted molar refractivity (Wildman–Crippen MR) is 176 cm³/mol. The Kier molecular flexibility index (Phi) is 13.0. The van der Waals surface area contributed by atoms with E-state index in [1.54, 1.807) is 26.0 Å². The fourth-order valence-electron chi connectivity index (χ4n) is 4.70. The van der Waals surface area contributed by atoms with Crippen LogP contribution in [0.2, 0.25) is 5.02 Å². The van der Waals surface area contributed by atoms with Crippen molar-refractivity contribution in [2.24, 2.45) is 17.3 Å². The highest BCUT2D eigenvalue weighted by molar-refractivity contribution is 6.31. The third-order valence-electron chi connectivity index (χ3n) is 7.65. The molecular weight excluding hydrogens is 592 g/mol. The van der Waals surface area contributed by atoms with Crippen LogP contribution < -0.4 is 10.6 Å². The summed E-state index contributed by atoms with van der Waals surface area (Å²) in [4.78, 5) is 53.2. The van der Waals surface area contributed by atoms with Gasteiger partial charge < -0.3 is 20.1 Å². The molecule has 3 rings (SSSR count). The number of hydrogen-bond acceptors (Lipinski definition) is 6. The maximum absolute atomic E-state index is 13.5. The zero-order valence-corrected chi connectivity index (χ0v) is 27.7. The topological polar surface area (TPSA) is 111 Å². The van der Waals surface area contributed by atoms with Gasteiger partial charge in [0.25, 0.3) is 0 Å². The van der Waals surface area contributed by atoms with Crippen LogP contribution in [0.25, 0.3) is 6.08 Å². The minimum absolute atomic E-state index is 0.0391. The van der Waals surface area contributed by atoms with E-state index in [0.29, 0.717) is 5.02 Å². The molecule has 4 unspecified atom stereocenters. The standard InChI is InChI=1S/C36H45ClN2O6/c1-23(2)19-31-34(42)44-30(25(4)16-17-26-11-8-7-9-12-26)13-10-14-32(40)39-29(21-27-18-15-24(3)28(37)20-27)33(41)38-22-36(5,6)35(43)45-31/h7-12,14-18,20,23,25,29-31H,13,19,21-22H2,1-6H3,(H,38,41)(H,39,40)/b14-10+,17-16+. The Balaban J connectivity index is 1.93. The molecule has 1 heterocycles. The van der Waals surface area contributed by atoms with Crippen LogP contribution in [0.5, 0.6) is 0 Å². The molecule has 2 aromatic rings. The van der Waals surface area contributed by atoms with Crippen molar-refractivity contribution < 1.29 is 28.7 Å². The summed E-state index contributed by atoms with van der Waals surface area (Å²) in [5.41, 5.74) is 1.49. The van der Waals surface area contributed by atoms with Gasteiger partial charge in [0.2, 0.25) is 11.8 Å². The summed E-state index contributed by atoms with van der Waals surface area (Å²) >= 11 is 6.32. The summed E-state index contributed by atoms with van der Waals surface area (Å²) in [6.07, 6.45) is 5.76. The van der Waals surface area contributed by atoms with E-state index in [9.17, 15) is 19.2 Å². The van der Waals surface area contributed by atoms with Crippen molar-refractivity contribution in [3.05, 3.63) is 88.5 Å². The zero-order valence-electron chi connectivity index (χ0n) is 27.0. The van der Waals surface area contributed by atoms with Crippen molar-refractivity contribution in [1.29, 1.82) is 0 Å². The first-order chi connectivity index (χ1) is 21.2. The average molecular weight is 637 g/mol. The maximum Gasteiger partial charge on any atom is 0.347 e. The largest absolute Gasteiger partial charge is 0.459 e. The van der Waals surface area contributed by atoms with Crippen LogP contribution in [0.15, 0.2) is 66.8 Å². The van der Waals surface area contributed by atoms with Crippen LogP contribution in [0.3, 0.4) is 0 Å². The normalized spacial score (nSPS) is 23.2. The number of cyclic esters (lactones) is 2. The van der Waals surface area contributed by atoms with E-state index in [4.69, 9.17) is 21.1 Å². The van der Waals surface area contributed by atoms with Crippen LogP contribution >= 0.6 is 11.6 Å². The summed E-state index contributed by atoms with van der Waals surface area (Å²) in [5.74, 6) is -2.43. The molecule has 0 spiro atoms. The minimum atomic E-state index is -1.17. The van der Waals surface area contributed by atoms with E-state index in [2.05, 4.69) is 10.6 Å². The lowest BCUT2D eigenvalue weighted by Gasteiger charge is -2.29. The highest BCUT2D eigenvalue weighted by Crippen LogP contribution is 2.24. The molecule has 2 amide bonds. The highest BCUT2D eigenvalue weighted by atomic mass is 35.5. The van der Waals surface area contributed by atoms with Crippen LogP contribution in [0.4, 0.5) is 0 Å². The molecule has 1 aliphatic heterocycles. The number of rotatable bonds is 7. The second kappa shape index (κ2) is 16.4. The molecule has 2 N–H and O–H groups in total. The fraction of sp³-hybridized carbons (Fsp3) is 0.444. The third kappa shape index (κ3) is 11.2. The van der Waals surface area contributed by atoms with Gasteiger partial charge in [-0.25, -0.2) is 4.79 Å². The zero-order chi connectivity index (χ0) is 33.1. The molecule has 242 valence electrons. The summed E-state index contributed by atoms with van der Waals surface area (Å²) < 4.78 is 11.7. The lowest BCUT2D eigenvalue weighted by atomic mass is 9.93. The second-order valence-corrected chi connectivity index (χ2v) is 13.1. The Labute approximate surface area is 271 Å². The van der Waals surface area contributed by atoms with Crippen molar-refractivity contribution in [2.45, 2.75) is 79.1 Å². The first-order valence-corrected chi connectivity index (χ1v) is 15.8. The minimum Gasteiger partial charge on any atom is -0.459 e. The molecule has 0 bridgehead atoms. The van der Waals surface area contributed by atoms with E-state index in [1.807, 2.05) is 82.3 Å². The van der Waals surface area contributed by atoms with E-state index in [-0.39, 0.29) is 37.6 Å². The number of amides is 2. The number of nitrogens with one attached hydrogen (secondary N) is 2. The molecule has 0 aromatic heterocycles. The van der Waals surface area contributed by atoms with Crippen molar-refractivity contribution in [3.63, 3.8) is 0 Å². The van der Waals surface area contributed by atoms with Gasteiger partial charge in [0.15, 0.2) is 6.10 Å². The molecule has 9 heteroatoms. The Morgan fingerprint density at radius 2 is 1.73 bits per heavy atom.